The molecule has 39 heavy (non-hydrogen) atoms. The molecule has 12 nitrogen and oxygen atoms in total. The molecule has 204 valence electrons. The maximum absolute atomic E-state index is 13.0. The highest BCUT2D eigenvalue weighted by molar-refractivity contribution is 6.32. The summed E-state index contributed by atoms with van der Waals surface area (Å²) in [7, 11) is 0. The third-order valence-corrected chi connectivity index (χ3v) is 6.30. The molecule has 0 aliphatic carbocycles. The summed E-state index contributed by atoms with van der Waals surface area (Å²) in [4.78, 5) is 31.9. The Kier molecular flexibility index (Phi) is 9.57. The number of unbranched alkanes of at least 4 members (excludes halogenated alkanes) is 2. The number of nitrogens with zero attached hydrogens (tertiary/aromatic N) is 6. The van der Waals surface area contributed by atoms with Crippen molar-refractivity contribution < 1.29 is 19.5 Å². The van der Waals surface area contributed by atoms with E-state index >= 15 is 0 Å². The van der Waals surface area contributed by atoms with E-state index in [0.29, 0.717) is 37.5 Å². The maximum Gasteiger partial charge on any atom is 0.358 e. The van der Waals surface area contributed by atoms with Crippen molar-refractivity contribution in [3.8, 4) is 22.5 Å². The van der Waals surface area contributed by atoms with E-state index in [-0.39, 0.29) is 24.1 Å². The van der Waals surface area contributed by atoms with Crippen LogP contribution in [0.2, 0.25) is 5.15 Å². The number of carbonyl (C=O) groups excluding carboxylic acids is 1. The normalized spacial score (nSPS) is 10.9. The number of carbonyl (C=O) groups is 1. The second-order valence-corrected chi connectivity index (χ2v) is 9.09. The lowest BCUT2D eigenvalue weighted by Crippen LogP contribution is -2.16. The molecule has 0 atom stereocenters. The first kappa shape index (κ1) is 27.7. The molecule has 0 amide bonds. The number of tetrazole rings is 1. The van der Waals surface area contributed by atoms with E-state index in [1.54, 1.807) is 4.57 Å². The fourth-order valence-corrected chi connectivity index (χ4v) is 4.39. The number of benzene rings is 2. The highest BCUT2D eigenvalue weighted by Crippen LogP contribution is 2.30. The zero-order valence-corrected chi connectivity index (χ0v) is 22.1. The Labute approximate surface area is 229 Å². The Balaban J connectivity index is 1.51. The molecular formula is C26H28ClN7O5. The molecule has 0 spiro atoms. The first-order valence-corrected chi connectivity index (χ1v) is 13.0. The van der Waals surface area contributed by atoms with Gasteiger partial charge in [-0.25, -0.2) is 9.78 Å². The fourth-order valence-electron chi connectivity index (χ4n) is 4.11. The lowest BCUT2D eigenvalue weighted by atomic mass is 9.98. The minimum atomic E-state index is -0.846. The van der Waals surface area contributed by atoms with Crippen LogP contribution in [0.4, 0.5) is 0 Å². The second-order valence-electron chi connectivity index (χ2n) is 8.73. The largest absolute Gasteiger partial charge is 0.461 e. The third kappa shape index (κ3) is 7.17. The zero-order chi connectivity index (χ0) is 27.6. The molecule has 2 heterocycles. The quantitative estimate of drug-likeness (QED) is 0.0992. The van der Waals surface area contributed by atoms with Gasteiger partial charge in [0, 0.05) is 18.5 Å². The molecule has 0 unspecified atom stereocenters. The van der Waals surface area contributed by atoms with Crippen LogP contribution in [0.5, 0.6) is 0 Å². The lowest BCUT2D eigenvalue weighted by molar-refractivity contribution is -0.757. The van der Waals surface area contributed by atoms with Crippen molar-refractivity contribution in [3.05, 3.63) is 80.9 Å². The molecule has 13 heteroatoms. The van der Waals surface area contributed by atoms with Crippen molar-refractivity contribution in [2.45, 2.75) is 45.6 Å². The van der Waals surface area contributed by atoms with Crippen molar-refractivity contribution >= 4 is 17.6 Å². The molecule has 0 saturated carbocycles. The number of esters is 1. The van der Waals surface area contributed by atoms with Gasteiger partial charge in [-0.2, -0.15) is 5.21 Å². The van der Waals surface area contributed by atoms with Crippen molar-refractivity contribution in [3.63, 3.8) is 0 Å². The summed E-state index contributed by atoms with van der Waals surface area (Å²) < 4.78 is 7.21. The van der Waals surface area contributed by atoms with Gasteiger partial charge in [-0.1, -0.05) is 73.5 Å². The monoisotopic (exact) mass is 553 g/mol. The highest BCUT2D eigenvalue weighted by atomic mass is 35.5. The molecule has 0 fully saturated rings. The number of ether oxygens (including phenoxy) is 1. The molecule has 2 aromatic heterocycles. The molecule has 0 bridgehead atoms. The number of hydrogen-bond acceptors (Lipinski definition) is 9. The molecule has 1 N–H and O–H groups in total. The number of nitrogens with one attached hydrogen (secondary N) is 1. The number of imidazole rings is 1. The number of aromatic amines is 1. The van der Waals surface area contributed by atoms with Gasteiger partial charge in [-0.05, 0) is 41.2 Å². The Morgan fingerprint density at radius 2 is 1.82 bits per heavy atom. The van der Waals surface area contributed by atoms with Gasteiger partial charge >= 0.3 is 5.97 Å². The number of aromatic nitrogens is 6. The summed E-state index contributed by atoms with van der Waals surface area (Å²) >= 11 is 6.41. The summed E-state index contributed by atoms with van der Waals surface area (Å²) in [6.45, 7) is 2.49. The van der Waals surface area contributed by atoms with E-state index in [2.05, 4.69) is 37.4 Å². The van der Waals surface area contributed by atoms with Crippen LogP contribution in [-0.4, -0.2) is 54.4 Å². The van der Waals surface area contributed by atoms with Crippen molar-refractivity contribution in [2.75, 3.05) is 13.2 Å². The first-order valence-electron chi connectivity index (χ1n) is 12.6. The molecule has 0 saturated heterocycles. The van der Waals surface area contributed by atoms with Crippen molar-refractivity contribution in [1.82, 2.24) is 30.2 Å². The smallest absolute Gasteiger partial charge is 0.358 e. The van der Waals surface area contributed by atoms with Crippen LogP contribution in [0.25, 0.3) is 22.5 Å². The van der Waals surface area contributed by atoms with Gasteiger partial charge in [0.15, 0.2) is 10.8 Å². The van der Waals surface area contributed by atoms with Gasteiger partial charge < -0.3 is 14.1 Å². The standard InChI is InChI=1S/C26H28ClN7O5/c1-2-3-10-22-28-24(27)23(26(35)38-15-6-7-16-39-34(36)37)33(22)17-18-11-13-19(14-12-18)20-8-4-5-9-21(20)25-29-31-32-30-25/h4-5,8-9,11-14H,2-3,6-7,10,15-17H2,1H3,(H,29,30,31,32). The van der Waals surface area contributed by atoms with Gasteiger partial charge in [0.25, 0.3) is 5.09 Å². The van der Waals surface area contributed by atoms with E-state index in [0.717, 1.165) is 35.1 Å². The van der Waals surface area contributed by atoms with Gasteiger partial charge in [0.1, 0.15) is 5.82 Å². The van der Waals surface area contributed by atoms with Crippen LogP contribution < -0.4 is 0 Å². The number of rotatable bonds is 14. The van der Waals surface area contributed by atoms with Crippen LogP contribution >= 0.6 is 11.6 Å². The second kappa shape index (κ2) is 13.5. The number of halogens is 1. The van der Waals surface area contributed by atoms with E-state index < -0.39 is 11.1 Å². The van der Waals surface area contributed by atoms with Crippen LogP contribution in [0.3, 0.4) is 0 Å². The summed E-state index contributed by atoms with van der Waals surface area (Å²) in [5.74, 6) is 0.632. The summed E-state index contributed by atoms with van der Waals surface area (Å²) in [6.07, 6.45) is 3.32. The van der Waals surface area contributed by atoms with Gasteiger partial charge in [0.05, 0.1) is 13.2 Å². The molecule has 4 rings (SSSR count). The molecule has 4 aromatic rings. The van der Waals surface area contributed by atoms with Gasteiger partial charge in [-0.15, -0.1) is 20.3 Å². The predicted molar refractivity (Wildman–Crippen MR) is 142 cm³/mol. The van der Waals surface area contributed by atoms with E-state index in [4.69, 9.17) is 16.3 Å². The summed E-state index contributed by atoms with van der Waals surface area (Å²) in [5, 5.41) is 23.9. The highest BCUT2D eigenvalue weighted by Gasteiger charge is 2.23. The minimum absolute atomic E-state index is 0.0556. The number of aryl methyl sites for hydroxylation is 1. The lowest BCUT2D eigenvalue weighted by Gasteiger charge is -2.13. The zero-order valence-electron chi connectivity index (χ0n) is 21.4. The third-order valence-electron chi connectivity index (χ3n) is 6.04. The minimum Gasteiger partial charge on any atom is -0.461 e. The van der Waals surface area contributed by atoms with Crippen molar-refractivity contribution in [1.29, 1.82) is 0 Å². The molecule has 0 aliphatic heterocycles. The Morgan fingerprint density at radius 3 is 2.51 bits per heavy atom. The Bertz CT molecular complexity index is 1390. The van der Waals surface area contributed by atoms with E-state index in [1.807, 2.05) is 48.5 Å². The molecule has 0 radical (unpaired) electrons. The maximum atomic E-state index is 13.0. The Hall–Kier alpha value is -4.32. The van der Waals surface area contributed by atoms with Crippen LogP contribution in [0, 0.1) is 10.1 Å². The molecule has 2 aromatic carbocycles. The van der Waals surface area contributed by atoms with Crippen molar-refractivity contribution in [2.24, 2.45) is 0 Å². The number of hydrogen-bond donors (Lipinski definition) is 1. The van der Waals surface area contributed by atoms with Crippen LogP contribution in [0.15, 0.2) is 48.5 Å². The average molecular weight is 554 g/mol. The molecule has 0 aliphatic rings. The summed E-state index contributed by atoms with van der Waals surface area (Å²) in [5.41, 5.74) is 3.95. The predicted octanol–water partition coefficient (Wildman–Crippen LogP) is 4.92. The average Bonchev–Trinajstić information content (AvgIpc) is 3.58. The van der Waals surface area contributed by atoms with Crippen LogP contribution in [0.1, 0.15) is 54.5 Å². The summed E-state index contributed by atoms with van der Waals surface area (Å²) in [6, 6.07) is 15.8. The number of H-pyrrole nitrogens is 1. The van der Waals surface area contributed by atoms with E-state index in [1.165, 1.54) is 0 Å². The van der Waals surface area contributed by atoms with Gasteiger partial charge in [0.2, 0.25) is 5.82 Å². The Morgan fingerprint density at radius 1 is 1.08 bits per heavy atom. The fraction of sp³-hybridized carbons (Fsp3) is 0.346. The van der Waals surface area contributed by atoms with E-state index in [9.17, 15) is 14.9 Å². The topological polar surface area (TPSA) is 151 Å². The first-order chi connectivity index (χ1) is 19.0. The molecular weight excluding hydrogens is 526 g/mol. The SMILES string of the molecule is CCCCc1nc(Cl)c(C(=O)OCCCCO[N+](=O)[O-])n1Cc1ccc(-c2ccccc2-c2nn[nH]n2)cc1. The van der Waals surface area contributed by atoms with Crippen LogP contribution in [-0.2, 0) is 22.5 Å². The van der Waals surface area contributed by atoms with Gasteiger partial charge in [-0.3, -0.25) is 0 Å².